The first-order valence-corrected chi connectivity index (χ1v) is 6.92. The fourth-order valence-corrected chi connectivity index (χ4v) is 2.93. The maximum atomic E-state index is 5.81. The van der Waals surface area contributed by atoms with Crippen molar-refractivity contribution in [2.75, 3.05) is 5.73 Å². The summed E-state index contributed by atoms with van der Waals surface area (Å²) in [5.74, 6) is 1.93. The predicted octanol–water partition coefficient (Wildman–Crippen LogP) is 2.82. The lowest BCUT2D eigenvalue weighted by Crippen LogP contribution is -2.08. The number of nitrogen functional groups attached to an aromatic ring is 1. The highest BCUT2D eigenvalue weighted by Crippen LogP contribution is 2.27. The van der Waals surface area contributed by atoms with E-state index in [0.29, 0.717) is 0 Å². The van der Waals surface area contributed by atoms with Gasteiger partial charge in [0.1, 0.15) is 5.82 Å². The molecule has 2 aromatic rings. The van der Waals surface area contributed by atoms with Crippen molar-refractivity contribution in [3.8, 4) is 0 Å². The second kappa shape index (κ2) is 4.96. The molecule has 0 radical (unpaired) electrons. The fraction of sp³-hybridized carbons (Fsp3) is 0.571. The highest BCUT2D eigenvalue weighted by atomic mass is 15.2. The average molecular weight is 244 g/mol. The normalized spacial score (nSPS) is 17.3. The summed E-state index contributed by atoms with van der Waals surface area (Å²) in [7, 11) is 0. The predicted molar refractivity (Wildman–Crippen MR) is 72.3 cm³/mol. The molecule has 2 N–H and O–H groups in total. The zero-order chi connectivity index (χ0) is 12.4. The molecule has 96 valence electrons. The van der Waals surface area contributed by atoms with Gasteiger partial charge in [0.2, 0.25) is 0 Å². The van der Waals surface area contributed by atoms with Crippen LogP contribution in [0, 0.1) is 5.92 Å². The standard InChI is InChI=1S/C14H20N4/c15-12-7-9-14-17-16-13(18(14)10-12)8-6-11-4-2-1-3-5-11/h7,9-11H,1-6,8,15H2. The number of aryl methyl sites for hydroxylation is 1. The molecule has 2 aromatic heterocycles. The smallest absolute Gasteiger partial charge is 0.160 e. The van der Waals surface area contributed by atoms with Crippen molar-refractivity contribution in [2.45, 2.75) is 44.9 Å². The Morgan fingerprint density at radius 1 is 1.17 bits per heavy atom. The third kappa shape index (κ3) is 2.33. The van der Waals surface area contributed by atoms with E-state index in [9.17, 15) is 0 Å². The summed E-state index contributed by atoms with van der Waals surface area (Å²) in [6.07, 6.45) is 11.2. The Bertz CT molecular complexity index is 526. The lowest BCUT2D eigenvalue weighted by molar-refractivity contribution is 0.337. The topological polar surface area (TPSA) is 56.2 Å². The summed E-state index contributed by atoms with van der Waals surface area (Å²) in [6, 6.07) is 3.79. The van der Waals surface area contributed by atoms with Crippen LogP contribution < -0.4 is 5.73 Å². The summed E-state index contributed by atoms with van der Waals surface area (Å²) in [5.41, 5.74) is 7.47. The molecule has 0 saturated heterocycles. The average Bonchev–Trinajstić information content (AvgIpc) is 2.80. The minimum atomic E-state index is 0.765. The van der Waals surface area contributed by atoms with Gasteiger partial charge in [-0.05, 0) is 24.5 Å². The molecule has 0 bridgehead atoms. The largest absolute Gasteiger partial charge is 0.398 e. The van der Waals surface area contributed by atoms with Gasteiger partial charge in [0, 0.05) is 18.3 Å². The molecule has 1 aliphatic rings. The van der Waals surface area contributed by atoms with Crippen LogP contribution in [0.25, 0.3) is 5.65 Å². The second-order valence-corrected chi connectivity index (χ2v) is 5.35. The Morgan fingerprint density at radius 2 is 2.00 bits per heavy atom. The van der Waals surface area contributed by atoms with E-state index in [2.05, 4.69) is 10.2 Å². The van der Waals surface area contributed by atoms with Crippen LogP contribution in [0.1, 0.15) is 44.3 Å². The van der Waals surface area contributed by atoms with Crippen molar-refractivity contribution >= 4 is 11.3 Å². The van der Waals surface area contributed by atoms with Crippen molar-refractivity contribution < 1.29 is 0 Å². The van der Waals surface area contributed by atoms with Crippen LogP contribution in [0.2, 0.25) is 0 Å². The van der Waals surface area contributed by atoms with Crippen LogP contribution in [0.3, 0.4) is 0 Å². The number of pyridine rings is 1. The molecule has 18 heavy (non-hydrogen) atoms. The van der Waals surface area contributed by atoms with Crippen LogP contribution in [0.15, 0.2) is 18.3 Å². The SMILES string of the molecule is Nc1ccc2nnc(CCC3CCCCC3)n2c1. The van der Waals surface area contributed by atoms with Gasteiger partial charge < -0.3 is 5.73 Å². The van der Waals surface area contributed by atoms with Gasteiger partial charge in [-0.25, -0.2) is 0 Å². The van der Waals surface area contributed by atoms with Crippen LogP contribution in [-0.2, 0) is 6.42 Å². The Labute approximate surface area is 107 Å². The lowest BCUT2D eigenvalue weighted by Gasteiger charge is -2.20. The molecule has 0 unspecified atom stereocenters. The lowest BCUT2D eigenvalue weighted by atomic mass is 9.86. The van der Waals surface area contributed by atoms with E-state index in [1.54, 1.807) is 0 Å². The van der Waals surface area contributed by atoms with Gasteiger partial charge in [-0.15, -0.1) is 10.2 Å². The van der Waals surface area contributed by atoms with E-state index in [1.807, 2.05) is 22.7 Å². The molecular formula is C14H20N4. The van der Waals surface area contributed by atoms with Crippen molar-refractivity contribution in [1.29, 1.82) is 0 Å². The molecule has 0 amide bonds. The molecule has 2 heterocycles. The third-order valence-electron chi connectivity index (χ3n) is 4.00. The van der Waals surface area contributed by atoms with E-state index >= 15 is 0 Å². The van der Waals surface area contributed by atoms with E-state index in [0.717, 1.165) is 29.5 Å². The van der Waals surface area contributed by atoms with Crippen LogP contribution in [-0.4, -0.2) is 14.6 Å². The number of hydrogen-bond donors (Lipinski definition) is 1. The zero-order valence-corrected chi connectivity index (χ0v) is 10.7. The summed E-state index contributed by atoms with van der Waals surface area (Å²) < 4.78 is 2.03. The van der Waals surface area contributed by atoms with Crippen LogP contribution >= 0.6 is 0 Å². The number of nitrogens with zero attached hydrogens (tertiary/aromatic N) is 3. The molecule has 4 heteroatoms. The maximum Gasteiger partial charge on any atom is 0.160 e. The molecule has 0 spiro atoms. The summed E-state index contributed by atoms with van der Waals surface area (Å²) in [4.78, 5) is 0. The molecule has 1 aliphatic carbocycles. The minimum absolute atomic E-state index is 0.765. The summed E-state index contributed by atoms with van der Waals surface area (Å²) in [5, 5.41) is 8.46. The van der Waals surface area contributed by atoms with Gasteiger partial charge in [-0.2, -0.15) is 0 Å². The highest BCUT2D eigenvalue weighted by molar-refractivity contribution is 5.47. The van der Waals surface area contributed by atoms with E-state index < -0.39 is 0 Å². The van der Waals surface area contributed by atoms with Gasteiger partial charge in [0.15, 0.2) is 5.65 Å². The van der Waals surface area contributed by atoms with Crippen LogP contribution in [0.4, 0.5) is 5.69 Å². The number of nitrogens with two attached hydrogens (primary N) is 1. The third-order valence-corrected chi connectivity index (χ3v) is 4.00. The summed E-state index contributed by atoms with van der Waals surface area (Å²) in [6.45, 7) is 0. The van der Waals surface area contributed by atoms with Gasteiger partial charge in [-0.3, -0.25) is 4.40 Å². The molecule has 4 nitrogen and oxygen atoms in total. The number of fused-ring (bicyclic) bond motifs is 1. The quantitative estimate of drug-likeness (QED) is 0.903. The fourth-order valence-electron chi connectivity index (χ4n) is 2.93. The number of aromatic nitrogens is 3. The first-order valence-electron chi connectivity index (χ1n) is 6.92. The van der Waals surface area contributed by atoms with Crippen LogP contribution in [0.5, 0.6) is 0 Å². The Balaban J connectivity index is 1.72. The van der Waals surface area contributed by atoms with E-state index in [4.69, 9.17) is 5.73 Å². The monoisotopic (exact) mass is 244 g/mol. The van der Waals surface area contributed by atoms with Crippen molar-refractivity contribution in [2.24, 2.45) is 5.92 Å². The number of anilines is 1. The first-order chi connectivity index (χ1) is 8.83. The molecule has 0 aromatic carbocycles. The van der Waals surface area contributed by atoms with Gasteiger partial charge in [-0.1, -0.05) is 32.1 Å². The molecule has 0 aliphatic heterocycles. The van der Waals surface area contributed by atoms with Gasteiger partial charge >= 0.3 is 0 Å². The molecule has 1 saturated carbocycles. The van der Waals surface area contributed by atoms with E-state index in [1.165, 1.54) is 38.5 Å². The number of hydrogen-bond acceptors (Lipinski definition) is 3. The van der Waals surface area contributed by atoms with Crippen molar-refractivity contribution in [3.05, 3.63) is 24.2 Å². The first kappa shape index (κ1) is 11.5. The second-order valence-electron chi connectivity index (χ2n) is 5.35. The zero-order valence-electron chi connectivity index (χ0n) is 10.7. The molecule has 1 fully saturated rings. The summed E-state index contributed by atoms with van der Waals surface area (Å²) >= 11 is 0. The highest BCUT2D eigenvalue weighted by Gasteiger charge is 2.14. The van der Waals surface area contributed by atoms with Crippen molar-refractivity contribution in [3.63, 3.8) is 0 Å². The van der Waals surface area contributed by atoms with Gasteiger partial charge in [0.25, 0.3) is 0 Å². The Morgan fingerprint density at radius 3 is 2.83 bits per heavy atom. The van der Waals surface area contributed by atoms with E-state index in [-0.39, 0.29) is 0 Å². The Kier molecular flexibility index (Phi) is 3.17. The minimum Gasteiger partial charge on any atom is -0.398 e. The molecular weight excluding hydrogens is 224 g/mol. The van der Waals surface area contributed by atoms with Crippen molar-refractivity contribution in [1.82, 2.24) is 14.6 Å². The Hall–Kier alpha value is -1.58. The maximum absolute atomic E-state index is 5.81. The van der Waals surface area contributed by atoms with Gasteiger partial charge in [0.05, 0.1) is 0 Å². The molecule has 3 rings (SSSR count). The number of rotatable bonds is 3. The molecule has 0 atom stereocenters.